The number of carbonyl (C=O) groups excluding carboxylic acids is 1. The van der Waals surface area contributed by atoms with E-state index in [1.54, 1.807) is 11.8 Å². The summed E-state index contributed by atoms with van der Waals surface area (Å²) in [6.07, 6.45) is 5.14. The largest absolute Gasteiger partial charge is 0.373 e. The molecule has 0 spiro atoms. The average Bonchev–Trinajstić information content (AvgIpc) is 2.55. The van der Waals surface area contributed by atoms with Gasteiger partial charge >= 0.3 is 0 Å². The SMILES string of the molecule is CSc1ccc(C(=O)NC2CCC3OCCOC3C2)cc1. The summed E-state index contributed by atoms with van der Waals surface area (Å²) < 4.78 is 11.5. The topological polar surface area (TPSA) is 47.6 Å². The molecule has 1 N–H and O–H groups in total. The third-order valence-electron chi connectivity index (χ3n) is 4.17. The minimum Gasteiger partial charge on any atom is -0.373 e. The van der Waals surface area contributed by atoms with E-state index in [1.807, 2.05) is 30.5 Å². The molecule has 1 aliphatic carbocycles. The number of benzene rings is 1. The lowest BCUT2D eigenvalue weighted by atomic mass is 9.89. The molecule has 3 unspecified atom stereocenters. The second-order valence-corrected chi connectivity index (χ2v) is 6.41. The summed E-state index contributed by atoms with van der Waals surface area (Å²) in [7, 11) is 0. The Kier molecular flexibility index (Phi) is 4.83. The second kappa shape index (κ2) is 6.81. The minimum atomic E-state index is 0.00262. The first kappa shape index (κ1) is 14.9. The smallest absolute Gasteiger partial charge is 0.251 e. The van der Waals surface area contributed by atoms with E-state index >= 15 is 0 Å². The molecule has 0 bridgehead atoms. The van der Waals surface area contributed by atoms with Crippen molar-refractivity contribution in [3.63, 3.8) is 0 Å². The van der Waals surface area contributed by atoms with Crippen molar-refractivity contribution >= 4 is 17.7 Å². The zero-order valence-electron chi connectivity index (χ0n) is 12.2. The molecule has 3 rings (SSSR count). The number of rotatable bonds is 3. The molecule has 1 aromatic carbocycles. The van der Waals surface area contributed by atoms with Crippen molar-refractivity contribution in [3.05, 3.63) is 29.8 Å². The van der Waals surface area contributed by atoms with E-state index in [9.17, 15) is 4.79 Å². The van der Waals surface area contributed by atoms with Crippen LogP contribution in [0, 0.1) is 0 Å². The van der Waals surface area contributed by atoms with Gasteiger partial charge in [0, 0.05) is 16.5 Å². The molecule has 4 nitrogen and oxygen atoms in total. The van der Waals surface area contributed by atoms with Crippen LogP contribution < -0.4 is 5.32 Å². The fraction of sp³-hybridized carbons (Fsp3) is 0.562. The van der Waals surface area contributed by atoms with Crippen LogP contribution in [0.3, 0.4) is 0 Å². The number of carbonyl (C=O) groups is 1. The summed E-state index contributed by atoms with van der Waals surface area (Å²) in [5, 5.41) is 3.12. The van der Waals surface area contributed by atoms with Crippen LogP contribution in [0.15, 0.2) is 29.2 Å². The van der Waals surface area contributed by atoms with Gasteiger partial charge in [0.2, 0.25) is 0 Å². The Morgan fingerprint density at radius 3 is 2.57 bits per heavy atom. The maximum atomic E-state index is 12.3. The lowest BCUT2D eigenvalue weighted by Crippen LogP contribution is -2.49. The van der Waals surface area contributed by atoms with Gasteiger partial charge < -0.3 is 14.8 Å². The average molecular weight is 307 g/mol. The second-order valence-electron chi connectivity index (χ2n) is 5.53. The van der Waals surface area contributed by atoms with Gasteiger partial charge in [-0.2, -0.15) is 0 Å². The molecule has 1 saturated heterocycles. The molecule has 2 aliphatic rings. The molecule has 1 heterocycles. The van der Waals surface area contributed by atoms with Crippen LogP contribution in [-0.4, -0.2) is 43.6 Å². The molecule has 0 aromatic heterocycles. The van der Waals surface area contributed by atoms with Gasteiger partial charge in [-0.3, -0.25) is 4.79 Å². The lowest BCUT2D eigenvalue weighted by Gasteiger charge is -2.39. The predicted molar refractivity (Wildman–Crippen MR) is 82.8 cm³/mol. The van der Waals surface area contributed by atoms with E-state index in [0.717, 1.165) is 24.8 Å². The Balaban J connectivity index is 1.57. The van der Waals surface area contributed by atoms with Gasteiger partial charge in [0.15, 0.2) is 0 Å². The van der Waals surface area contributed by atoms with Crippen molar-refractivity contribution in [2.24, 2.45) is 0 Å². The zero-order chi connectivity index (χ0) is 14.7. The Labute approximate surface area is 129 Å². The van der Waals surface area contributed by atoms with Crippen LogP contribution in [0.4, 0.5) is 0 Å². The van der Waals surface area contributed by atoms with Crippen molar-refractivity contribution in [2.75, 3.05) is 19.5 Å². The number of ether oxygens (including phenoxy) is 2. The third kappa shape index (κ3) is 3.59. The third-order valence-corrected chi connectivity index (χ3v) is 4.91. The molecule has 1 amide bonds. The van der Waals surface area contributed by atoms with Crippen LogP contribution in [0.2, 0.25) is 0 Å². The van der Waals surface area contributed by atoms with Gasteiger partial charge in [-0.25, -0.2) is 0 Å². The fourth-order valence-corrected chi connectivity index (χ4v) is 3.42. The van der Waals surface area contributed by atoms with E-state index in [-0.39, 0.29) is 24.2 Å². The molecule has 1 aromatic rings. The quantitative estimate of drug-likeness (QED) is 0.872. The first-order valence-corrected chi connectivity index (χ1v) is 8.67. The van der Waals surface area contributed by atoms with Crippen molar-refractivity contribution in [3.8, 4) is 0 Å². The van der Waals surface area contributed by atoms with Crippen LogP contribution in [-0.2, 0) is 9.47 Å². The van der Waals surface area contributed by atoms with Crippen molar-refractivity contribution in [1.82, 2.24) is 5.32 Å². The minimum absolute atomic E-state index is 0.00262. The fourth-order valence-electron chi connectivity index (χ4n) is 3.01. The monoisotopic (exact) mass is 307 g/mol. The molecule has 1 saturated carbocycles. The normalized spacial score (nSPS) is 28.7. The van der Waals surface area contributed by atoms with Crippen LogP contribution in [0.1, 0.15) is 29.6 Å². The van der Waals surface area contributed by atoms with Crippen LogP contribution >= 0.6 is 11.8 Å². The molecule has 0 radical (unpaired) electrons. The van der Waals surface area contributed by atoms with Gasteiger partial charge in [-0.15, -0.1) is 11.8 Å². The lowest BCUT2D eigenvalue weighted by molar-refractivity contribution is -0.157. The highest BCUT2D eigenvalue weighted by molar-refractivity contribution is 7.98. The molecule has 5 heteroatoms. The Hall–Kier alpha value is -1.04. The molecular weight excluding hydrogens is 286 g/mol. The van der Waals surface area contributed by atoms with Gasteiger partial charge in [0.05, 0.1) is 25.4 Å². The predicted octanol–water partition coefficient (Wildman–Crippen LogP) is 2.47. The standard InChI is InChI=1S/C16H21NO3S/c1-21-13-5-2-11(3-6-13)16(18)17-12-4-7-14-15(10-12)20-9-8-19-14/h2-3,5-6,12,14-15H,4,7-10H2,1H3,(H,17,18). The Morgan fingerprint density at radius 1 is 1.14 bits per heavy atom. The number of nitrogens with one attached hydrogen (secondary N) is 1. The van der Waals surface area contributed by atoms with Gasteiger partial charge in [0.25, 0.3) is 5.91 Å². The summed E-state index contributed by atoms with van der Waals surface area (Å²) in [6, 6.07) is 7.91. The van der Waals surface area contributed by atoms with Gasteiger partial charge in [-0.1, -0.05) is 0 Å². The van der Waals surface area contributed by atoms with Crippen molar-refractivity contribution in [2.45, 2.75) is 42.4 Å². The zero-order valence-corrected chi connectivity index (χ0v) is 13.0. The molecule has 21 heavy (non-hydrogen) atoms. The number of fused-ring (bicyclic) bond motifs is 1. The molecule has 114 valence electrons. The van der Waals surface area contributed by atoms with E-state index in [2.05, 4.69) is 5.32 Å². The summed E-state index contributed by atoms with van der Waals surface area (Å²) >= 11 is 1.68. The van der Waals surface area contributed by atoms with Crippen molar-refractivity contribution < 1.29 is 14.3 Å². The number of thioether (sulfide) groups is 1. The maximum Gasteiger partial charge on any atom is 0.251 e. The van der Waals surface area contributed by atoms with Crippen molar-refractivity contribution in [1.29, 1.82) is 0 Å². The first-order chi connectivity index (χ1) is 10.3. The number of hydrogen-bond donors (Lipinski definition) is 1. The highest BCUT2D eigenvalue weighted by Gasteiger charge is 2.34. The molecule has 2 fully saturated rings. The van der Waals surface area contributed by atoms with Crippen LogP contribution in [0.5, 0.6) is 0 Å². The van der Waals surface area contributed by atoms with Crippen LogP contribution in [0.25, 0.3) is 0 Å². The maximum absolute atomic E-state index is 12.3. The van der Waals surface area contributed by atoms with E-state index < -0.39 is 0 Å². The molecular formula is C16H21NO3S. The Bertz CT molecular complexity index is 491. The summed E-state index contributed by atoms with van der Waals surface area (Å²) in [4.78, 5) is 13.4. The number of hydrogen-bond acceptors (Lipinski definition) is 4. The summed E-state index contributed by atoms with van der Waals surface area (Å²) in [5.74, 6) is 0.00262. The van der Waals surface area contributed by atoms with E-state index in [4.69, 9.17) is 9.47 Å². The highest BCUT2D eigenvalue weighted by Crippen LogP contribution is 2.27. The summed E-state index contributed by atoms with van der Waals surface area (Å²) in [6.45, 7) is 1.36. The summed E-state index contributed by atoms with van der Waals surface area (Å²) in [5.41, 5.74) is 0.718. The van der Waals surface area contributed by atoms with E-state index in [0.29, 0.717) is 13.2 Å². The highest BCUT2D eigenvalue weighted by atomic mass is 32.2. The first-order valence-electron chi connectivity index (χ1n) is 7.44. The molecule has 3 atom stereocenters. The van der Waals surface area contributed by atoms with Gasteiger partial charge in [0.1, 0.15) is 0 Å². The molecule has 1 aliphatic heterocycles. The van der Waals surface area contributed by atoms with E-state index in [1.165, 1.54) is 4.90 Å². The van der Waals surface area contributed by atoms with Gasteiger partial charge in [-0.05, 0) is 49.8 Å². The Morgan fingerprint density at radius 2 is 1.86 bits per heavy atom. The number of amides is 1.